The Balaban J connectivity index is 1.82. The van der Waals surface area contributed by atoms with E-state index >= 15 is 0 Å². The van der Waals surface area contributed by atoms with Crippen molar-refractivity contribution in [3.63, 3.8) is 0 Å². The van der Waals surface area contributed by atoms with Gasteiger partial charge in [-0.1, -0.05) is 12.1 Å². The van der Waals surface area contributed by atoms with Crippen molar-refractivity contribution in [2.75, 3.05) is 0 Å². The fraction of sp³-hybridized carbons (Fsp3) is 0.400. The second kappa shape index (κ2) is 8.40. The maximum absolute atomic E-state index is 13.2. The van der Waals surface area contributed by atoms with Gasteiger partial charge >= 0.3 is 12.4 Å². The largest absolute Gasteiger partial charge is 0.423 e. The molecule has 0 N–H and O–H groups in total. The van der Waals surface area contributed by atoms with Crippen molar-refractivity contribution in [3.05, 3.63) is 78.9 Å². The van der Waals surface area contributed by atoms with E-state index in [1.165, 1.54) is 12.1 Å². The molecule has 0 aliphatic heterocycles. The number of hydrogen-bond acceptors (Lipinski definition) is 4. The van der Waals surface area contributed by atoms with Gasteiger partial charge in [0.15, 0.2) is 0 Å². The quantitative estimate of drug-likeness (QED) is 0.279. The third kappa shape index (κ3) is 4.83. The average Bonchev–Trinajstić information content (AvgIpc) is 2.71. The molecule has 1 aliphatic carbocycles. The first kappa shape index (κ1) is 23.5. The number of rotatable bonds is 4. The van der Waals surface area contributed by atoms with E-state index in [9.17, 15) is 46.6 Å². The molecule has 3 rings (SSSR count). The number of halogens is 6. The van der Waals surface area contributed by atoms with Gasteiger partial charge in [0.25, 0.3) is 11.4 Å². The number of nitro groups is 2. The van der Waals surface area contributed by atoms with Crippen molar-refractivity contribution in [1.82, 2.24) is 0 Å². The monoisotopic (exact) mass is 462 g/mol. The molecule has 0 atom stereocenters. The van der Waals surface area contributed by atoms with E-state index in [1.54, 1.807) is 0 Å². The van der Waals surface area contributed by atoms with Crippen LogP contribution in [-0.4, -0.2) is 9.85 Å². The molecule has 2 aromatic carbocycles. The van der Waals surface area contributed by atoms with Gasteiger partial charge in [-0.2, -0.15) is 26.3 Å². The first-order valence-electron chi connectivity index (χ1n) is 9.50. The minimum atomic E-state index is -4.90. The van der Waals surface area contributed by atoms with Crippen LogP contribution < -0.4 is 0 Å². The second-order valence-corrected chi connectivity index (χ2v) is 7.61. The number of nitrogens with zero attached hydrogens (tertiary/aromatic N) is 2. The third-order valence-corrected chi connectivity index (χ3v) is 5.72. The van der Waals surface area contributed by atoms with Gasteiger partial charge < -0.3 is 0 Å². The third-order valence-electron chi connectivity index (χ3n) is 5.72. The molecule has 172 valence electrons. The molecule has 0 bridgehead atoms. The van der Waals surface area contributed by atoms with Crippen molar-refractivity contribution in [2.45, 2.75) is 49.9 Å². The Morgan fingerprint density at radius 1 is 0.656 bits per heavy atom. The smallest absolute Gasteiger partial charge is 0.258 e. The molecule has 2 aromatic rings. The fourth-order valence-electron chi connectivity index (χ4n) is 4.15. The second-order valence-electron chi connectivity index (χ2n) is 7.61. The van der Waals surface area contributed by atoms with Crippen LogP contribution in [0.2, 0.25) is 0 Å². The summed E-state index contributed by atoms with van der Waals surface area (Å²) in [6, 6.07) is 5.69. The molecule has 12 heteroatoms. The van der Waals surface area contributed by atoms with Gasteiger partial charge in [-0.25, -0.2) is 0 Å². The standard InChI is InChI=1S/C20H16F6N2O4/c21-19(22,23)15-9-13(5-7-17(15)27(29)30)11-1-2-12(4-3-11)14-6-8-18(28(31)32)16(10-14)20(24,25)26/h5-12H,1-4H2. The highest BCUT2D eigenvalue weighted by Gasteiger charge is 2.40. The maximum atomic E-state index is 13.2. The Kier molecular flexibility index (Phi) is 6.16. The van der Waals surface area contributed by atoms with Crippen molar-refractivity contribution in [1.29, 1.82) is 0 Å². The number of alkyl halides is 6. The Labute approximate surface area is 177 Å². The number of benzene rings is 2. The van der Waals surface area contributed by atoms with E-state index in [1.807, 2.05) is 0 Å². The SMILES string of the molecule is O=[N+]([O-])c1ccc(C2CCC(c3ccc([N+](=O)[O-])c(C(F)(F)F)c3)CC2)cc1C(F)(F)F. The van der Waals surface area contributed by atoms with Crippen molar-refractivity contribution >= 4 is 11.4 Å². The zero-order valence-corrected chi connectivity index (χ0v) is 16.2. The molecule has 32 heavy (non-hydrogen) atoms. The minimum Gasteiger partial charge on any atom is -0.258 e. The van der Waals surface area contributed by atoms with Gasteiger partial charge in [0, 0.05) is 12.1 Å². The lowest BCUT2D eigenvalue weighted by Gasteiger charge is -2.29. The van der Waals surface area contributed by atoms with Crippen molar-refractivity contribution in [3.8, 4) is 0 Å². The molecule has 0 amide bonds. The van der Waals surface area contributed by atoms with Crippen LogP contribution in [0.5, 0.6) is 0 Å². The van der Waals surface area contributed by atoms with E-state index in [2.05, 4.69) is 0 Å². The summed E-state index contributed by atoms with van der Waals surface area (Å²) in [4.78, 5) is 19.6. The summed E-state index contributed by atoms with van der Waals surface area (Å²) in [5.41, 5.74) is -4.21. The molecule has 0 spiro atoms. The molecule has 0 saturated heterocycles. The molecule has 0 radical (unpaired) electrons. The summed E-state index contributed by atoms with van der Waals surface area (Å²) < 4.78 is 79.3. The summed E-state index contributed by atoms with van der Waals surface area (Å²) in [5.74, 6) is -0.679. The maximum Gasteiger partial charge on any atom is 0.423 e. The highest BCUT2D eigenvalue weighted by Crippen LogP contribution is 2.45. The van der Waals surface area contributed by atoms with Crippen LogP contribution in [0, 0.1) is 20.2 Å². The molecule has 0 aromatic heterocycles. The Bertz CT molecular complexity index is 960. The normalized spacial score (nSPS) is 19.6. The predicted octanol–water partition coefficient (Wildman–Crippen LogP) is 6.98. The summed E-state index contributed by atoms with van der Waals surface area (Å²) in [6.45, 7) is 0. The van der Waals surface area contributed by atoms with Gasteiger partial charge in [-0.3, -0.25) is 20.2 Å². The van der Waals surface area contributed by atoms with Crippen molar-refractivity contribution in [2.24, 2.45) is 0 Å². The molecule has 1 aliphatic rings. The Morgan fingerprint density at radius 3 is 1.22 bits per heavy atom. The first-order chi connectivity index (χ1) is 14.8. The summed E-state index contributed by atoms with van der Waals surface area (Å²) in [7, 11) is 0. The van der Waals surface area contributed by atoms with E-state index in [-0.39, 0.29) is 23.0 Å². The molecule has 0 unspecified atom stereocenters. The molecule has 6 nitrogen and oxygen atoms in total. The van der Waals surface area contributed by atoms with E-state index in [0.717, 1.165) is 24.3 Å². The van der Waals surface area contributed by atoms with E-state index < -0.39 is 44.7 Å². The van der Waals surface area contributed by atoms with Crippen molar-refractivity contribution < 1.29 is 36.2 Å². The molecular weight excluding hydrogens is 446 g/mol. The van der Waals surface area contributed by atoms with E-state index in [0.29, 0.717) is 25.7 Å². The molecular formula is C20H16F6N2O4. The van der Waals surface area contributed by atoms with E-state index in [4.69, 9.17) is 0 Å². The first-order valence-corrected chi connectivity index (χ1v) is 9.50. The fourth-order valence-corrected chi connectivity index (χ4v) is 4.15. The minimum absolute atomic E-state index is 0.279. The lowest BCUT2D eigenvalue weighted by atomic mass is 9.75. The van der Waals surface area contributed by atoms with Gasteiger partial charge in [0.1, 0.15) is 11.1 Å². The predicted molar refractivity (Wildman–Crippen MR) is 100 cm³/mol. The van der Waals surface area contributed by atoms with Gasteiger partial charge in [-0.15, -0.1) is 0 Å². The van der Waals surface area contributed by atoms with Crippen LogP contribution in [0.3, 0.4) is 0 Å². The summed E-state index contributed by atoms with van der Waals surface area (Å²) in [6.07, 6.45) is -8.36. The highest BCUT2D eigenvalue weighted by molar-refractivity contribution is 5.47. The van der Waals surface area contributed by atoms with Crippen LogP contribution in [0.4, 0.5) is 37.7 Å². The van der Waals surface area contributed by atoms with Crippen LogP contribution in [0.1, 0.15) is 59.8 Å². The van der Waals surface area contributed by atoms with Gasteiger partial charge in [-0.05, 0) is 60.8 Å². The summed E-state index contributed by atoms with van der Waals surface area (Å²) >= 11 is 0. The Morgan fingerprint density at radius 2 is 0.969 bits per heavy atom. The van der Waals surface area contributed by atoms with Crippen LogP contribution >= 0.6 is 0 Å². The highest BCUT2D eigenvalue weighted by atomic mass is 19.4. The zero-order valence-electron chi connectivity index (χ0n) is 16.2. The lowest BCUT2D eigenvalue weighted by molar-refractivity contribution is -0.388. The average molecular weight is 462 g/mol. The van der Waals surface area contributed by atoms with Crippen LogP contribution in [-0.2, 0) is 12.4 Å². The lowest BCUT2D eigenvalue weighted by Crippen LogP contribution is -2.15. The van der Waals surface area contributed by atoms with Gasteiger partial charge in [0.05, 0.1) is 9.85 Å². The summed E-state index contributed by atoms with van der Waals surface area (Å²) in [5, 5.41) is 21.8. The zero-order chi connectivity index (χ0) is 23.8. The molecule has 1 fully saturated rings. The number of nitro benzene ring substituents is 2. The molecule has 1 saturated carbocycles. The Hall–Kier alpha value is -3.18. The number of hydrogen-bond donors (Lipinski definition) is 0. The topological polar surface area (TPSA) is 86.3 Å². The molecule has 0 heterocycles. The van der Waals surface area contributed by atoms with Crippen LogP contribution in [0.25, 0.3) is 0 Å². The van der Waals surface area contributed by atoms with Gasteiger partial charge in [0.2, 0.25) is 0 Å². The van der Waals surface area contributed by atoms with Crippen LogP contribution in [0.15, 0.2) is 36.4 Å².